The molecule has 0 aliphatic rings. The number of nitrogens with two attached hydrogens (primary N) is 1. The molecule has 88 valence electrons. The first-order valence-electron chi connectivity index (χ1n) is 5.18. The van der Waals surface area contributed by atoms with Crippen LogP contribution >= 0.6 is 0 Å². The Labute approximate surface area is 95.4 Å². The average Bonchev–Trinajstić information content (AvgIpc) is 2.55. The van der Waals surface area contributed by atoms with Gasteiger partial charge in [-0.2, -0.15) is 5.26 Å². The molecule has 0 aliphatic carbocycles. The molecule has 16 heavy (non-hydrogen) atoms. The molecule has 0 amide bonds. The number of ether oxygens (including phenoxy) is 2. The lowest BCUT2D eigenvalue weighted by Crippen LogP contribution is -2.20. The summed E-state index contributed by atoms with van der Waals surface area (Å²) in [7, 11) is 1.61. The van der Waals surface area contributed by atoms with Crippen molar-refractivity contribution in [3.8, 4) is 11.9 Å². The molecule has 2 N–H and O–H groups in total. The number of anilines is 1. The van der Waals surface area contributed by atoms with Crippen molar-refractivity contribution in [1.29, 1.82) is 5.26 Å². The van der Waals surface area contributed by atoms with Gasteiger partial charge in [-0.25, -0.2) is 0 Å². The quantitative estimate of drug-likeness (QED) is 0.818. The van der Waals surface area contributed by atoms with Crippen LogP contribution < -0.4 is 10.5 Å². The largest absolute Gasteiger partial charge is 0.472 e. The summed E-state index contributed by atoms with van der Waals surface area (Å²) in [6.45, 7) is 4.96. The van der Waals surface area contributed by atoms with Crippen LogP contribution in [0.2, 0.25) is 0 Å². The SMILES string of the molecule is CCn1c(C#N)cc(N)c1OC(C)COC. The maximum atomic E-state index is 8.92. The van der Waals surface area contributed by atoms with Crippen molar-refractivity contribution in [3.05, 3.63) is 11.8 Å². The summed E-state index contributed by atoms with van der Waals surface area (Å²) >= 11 is 0. The number of aromatic nitrogens is 1. The van der Waals surface area contributed by atoms with Crippen LogP contribution in [0.5, 0.6) is 5.88 Å². The molecule has 1 heterocycles. The van der Waals surface area contributed by atoms with Crippen molar-refractivity contribution >= 4 is 5.69 Å². The van der Waals surface area contributed by atoms with E-state index in [4.69, 9.17) is 20.5 Å². The van der Waals surface area contributed by atoms with Crippen LogP contribution in [0.1, 0.15) is 19.5 Å². The van der Waals surface area contributed by atoms with Gasteiger partial charge in [-0.1, -0.05) is 0 Å². The summed E-state index contributed by atoms with van der Waals surface area (Å²) in [4.78, 5) is 0. The van der Waals surface area contributed by atoms with Crippen LogP contribution in [0.4, 0.5) is 5.69 Å². The molecule has 0 spiro atoms. The highest BCUT2D eigenvalue weighted by molar-refractivity contribution is 5.55. The van der Waals surface area contributed by atoms with Crippen LogP contribution in [0, 0.1) is 11.3 Å². The van der Waals surface area contributed by atoms with Crippen LogP contribution in [-0.2, 0) is 11.3 Å². The smallest absolute Gasteiger partial charge is 0.218 e. The fraction of sp³-hybridized carbons (Fsp3) is 0.545. The fourth-order valence-electron chi connectivity index (χ4n) is 1.55. The van der Waals surface area contributed by atoms with Crippen molar-refractivity contribution < 1.29 is 9.47 Å². The molecule has 1 aromatic rings. The molecule has 5 heteroatoms. The molecular formula is C11H17N3O2. The maximum absolute atomic E-state index is 8.92. The van der Waals surface area contributed by atoms with Gasteiger partial charge in [-0.15, -0.1) is 0 Å². The van der Waals surface area contributed by atoms with Crippen molar-refractivity contribution in [2.75, 3.05) is 19.5 Å². The summed E-state index contributed by atoms with van der Waals surface area (Å²) in [6.07, 6.45) is -0.0981. The van der Waals surface area contributed by atoms with Gasteiger partial charge in [0.2, 0.25) is 5.88 Å². The van der Waals surface area contributed by atoms with E-state index in [1.807, 2.05) is 13.8 Å². The van der Waals surface area contributed by atoms with E-state index in [1.165, 1.54) is 0 Å². The van der Waals surface area contributed by atoms with Gasteiger partial charge in [0.05, 0.1) is 12.3 Å². The lowest BCUT2D eigenvalue weighted by Gasteiger charge is -2.16. The number of nitrogens with zero attached hydrogens (tertiary/aromatic N) is 2. The number of methoxy groups -OCH3 is 1. The number of nitrogen functional groups attached to an aromatic ring is 1. The lowest BCUT2D eigenvalue weighted by molar-refractivity contribution is 0.0867. The van der Waals surface area contributed by atoms with Crippen LogP contribution in [-0.4, -0.2) is 24.4 Å². The average molecular weight is 223 g/mol. The Bertz CT molecular complexity index is 393. The molecule has 1 rings (SSSR count). The molecule has 0 fully saturated rings. The highest BCUT2D eigenvalue weighted by Gasteiger charge is 2.15. The molecule has 0 saturated carbocycles. The van der Waals surface area contributed by atoms with Crippen molar-refractivity contribution in [2.24, 2.45) is 0 Å². The molecule has 0 saturated heterocycles. The summed E-state index contributed by atoms with van der Waals surface area (Å²) in [5.74, 6) is 0.545. The molecule has 0 aromatic carbocycles. The van der Waals surface area contributed by atoms with E-state index in [0.29, 0.717) is 30.4 Å². The first-order chi connectivity index (χ1) is 7.63. The standard InChI is InChI=1S/C11H17N3O2/c1-4-14-9(6-12)5-10(13)11(14)16-8(2)7-15-3/h5,8H,4,7,13H2,1-3H3. The third-order valence-corrected chi connectivity index (χ3v) is 2.22. The van der Waals surface area contributed by atoms with Gasteiger partial charge in [0.1, 0.15) is 17.9 Å². The van der Waals surface area contributed by atoms with Gasteiger partial charge in [0.15, 0.2) is 0 Å². The van der Waals surface area contributed by atoms with Gasteiger partial charge >= 0.3 is 0 Å². The number of hydrogen-bond donors (Lipinski definition) is 1. The van der Waals surface area contributed by atoms with Crippen molar-refractivity contribution in [1.82, 2.24) is 4.57 Å². The third kappa shape index (κ3) is 2.47. The van der Waals surface area contributed by atoms with E-state index in [2.05, 4.69) is 6.07 Å². The number of rotatable bonds is 5. The van der Waals surface area contributed by atoms with E-state index < -0.39 is 0 Å². The molecule has 5 nitrogen and oxygen atoms in total. The Morgan fingerprint density at radius 1 is 1.62 bits per heavy atom. The van der Waals surface area contributed by atoms with Crippen LogP contribution in [0.25, 0.3) is 0 Å². The van der Waals surface area contributed by atoms with E-state index >= 15 is 0 Å². The van der Waals surface area contributed by atoms with E-state index in [9.17, 15) is 0 Å². The molecule has 0 aliphatic heterocycles. The molecule has 1 atom stereocenters. The van der Waals surface area contributed by atoms with Crippen LogP contribution in [0.3, 0.4) is 0 Å². The topological polar surface area (TPSA) is 73.2 Å². The second-order valence-electron chi connectivity index (χ2n) is 3.53. The summed E-state index contributed by atoms with van der Waals surface area (Å²) in [5, 5.41) is 8.92. The second-order valence-corrected chi connectivity index (χ2v) is 3.53. The Morgan fingerprint density at radius 3 is 2.81 bits per heavy atom. The van der Waals surface area contributed by atoms with Crippen molar-refractivity contribution in [3.63, 3.8) is 0 Å². The highest BCUT2D eigenvalue weighted by Crippen LogP contribution is 2.27. The third-order valence-electron chi connectivity index (χ3n) is 2.22. The predicted molar refractivity (Wildman–Crippen MR) is 61.2 cm³/mol. The normalized spacial score (nSPS) is 12.1. The zero-order chi connectivity index (χ0) is 12.1. The predicted octanol–water partition coefficient (Wildman–Crippen LogP) is 1.38. The zero-order valence-corrected chi connectivity index (χ0v) is 9.86. The van der Waals surface area contributed by atoms with E-state index in [1.54, 1.807) is 17.7 Å². The number of hydrogen-bond acceptors (Lipinski definition) is 4. The summed E-state index contributed by atoms with van der Waals surface area (Å²) < 4.78 is 12.4. The highest BCUT2D eigenvalue weighted by atomic mass is 16.5. The first-order valence-corrected chi connectivity index (χ1v) is 5.18. The molecule has 1 aromatic heterocycles. The van der Waals surface area contributed by atoms with Crippen LogP contribution in [0.15, 0.2) is 6.07 Å². The van der Waals surface area contributed by atoms with Crippen molar-refractivity contribution in [2.45, 2.75) is 26.5 Å². The maximum Gasteiger partial charge on any atom is 0.218 e. The molecular weight excluding hydrogens is 206 g/mol. The Hall–Kier alpha value is -1.67. The van der Waals surface area contributed by atoms with Gasteiger partial charge in [0.25, 0.3) is 0 Å². The monoisotopic (exact) mass is 223 g/mol. The van der Waals surface area contributed by atoms with E-state index in [0.717, 1.165) is 0 Å². The molecule has 1 unspecified atom stereocenters. The van der Waals surface area contributed by atoms with Gasteiger partial charge in [0, 0.05) is 19.7 Å². The minimum absolute atomic E-state index is 0.0981. The van der Waals surface area contributed by atoms with Gasteiger partial charge in [-0.05, 0) is 13.8 Å². The fourth-order valence-corrected chi connectivity index (χ4v) is 1.55. The van der Waals surface area contributed by atoms with Gasteiger partial charge in [-0.3, -0.25) is 0 Å². The summed E-state index contributed by atoms with van der Waals surface area (Å²) in [6, 6.07) is 3.71. The molecule has 0 bridgehead atoms. The van der Waals surface area contributed by atoms with E-state index in [-0.39, 0.29) is 6.10 Å². The minimum atomic E-state index is -0.0981. The van der Waals surface area contributed by atoms with Gasteiger partial charge < -0.3 is 19.8 Å². The second kappa shape index (κ2) is 5.42. The minimum Gasteiger partial charge on any atom is -0.472 e. The lowest BCUT2D eigenvalue weighted by atomic mass is 10.4. The molecule has 0 radical (unpaired) electrons. The zero-order valence-electron chi connectivity index (χ0n) is 9.86. The summed E-state index contributed by atoms with van der Waals surface area (Å²) in [5.41, 5.74) is 6.80. The Morgan fingerprint density at radius 2 is 2.31 bits per heavy atom. The number of nitriles is 1. The first kappa shape index (κ1) is 12.4. The Kier molecular flexibility index (Phi) is 4.20. The Balaban J connectivity index is 2.95.